The lowest BCUT2D eigenvalue weighted by atomic mass is 9.63. The first-order valence-corrected chi connectivity index (χ1v) is 7.26. The fourth-order valence-corrected chi connectivity index (χ4v) is 4.20. The van der Waals surface area contributed by atoms with Gasteiger partial charge in [0.2, 0.25) is 0 Å². The second-order valence-corrected chi connectivity index (χ2v) is 6.86. The van der Waals surface area contributed by atoms with Crippen LogP contribution in [0.25, 0.3) is 0 Å². The van der Waals surface area contributed by atoms with Crippen LogP contribution in [0.5, 0.6) is 0 Å². The molecule has 0 aromatic carbocycles. The molecule has 2 rings (SSSR count). The third-order valence-electron chi connectivity index (χ3n) is 3.56. The molecule has 0 amide bonds. The van der Waals surface area contributed by atoms with Crippen LogP contribution in [0.2, 0.25) is 0 Å². The zero-order chi connectivity index (χ0) is 12.5. The highest BCUT2D eigenvalue weighted by Crippen LogP contribution is 2.52. The van der Waals surface area contributed by atoms with Crippen molar-refractivity contribution >= 4 is 33.2 Å². The predicted octanol–water partition coefficient (Wildman–Crippen LogP) is 3.11. The van der Waals surface area contributed by atoms with E-state index in [9.17, 15) is 4.79 Å². The molecule has 3 nitrogen and oxygen atoms in total. The number of nitrogens with one attached hydrogen (secondary N) is 1. The Morgan fingerprint density at radius 1 is 1.59 bits per heavy atom. The highest BCUT2D eigenvalue weighted by molar-refractivity contribution is 9.11. The van der Waals surface area contributed by atoms with Gasteiger partial charge in [0.1, 0.15) is 0 Å². The number of carbonyl (C=O) groups is 1. The molecule has 0 saturated heterocycles. The minimum atomic E-state index is -0.367. The Morgan fingerprint density at radius 3 is 2.65 bits per heavy atom. The lowest BCUT2D eigenvalue weighted by Gasteiger charge is -2.44. The van der Waals surface area contributed by atoms with Crippen LogP contribution in [0.15, 0.2) is 15.9 Å². The van der Waals surface area contributed by atoms with Crippen LogP contribution < -0.4 is 5.32 Å². The summed E-state index contributed by atoms with van der Waals surface area (Å²) in [4.78, 5) is 13.2. The molecule has 1 heterocycles. The average Bonchev–Trinajstić information content (AvgIpc) is 2.68. The van der Waals surface area contributed by atoms with Gasteiger partial charge < -0.3 is 10.1 Å². The fraction of sp³-hybridized carbons (Fsp3) is 0.583. The van der Waals surface area contributed by atoms with E-state index in [0.29, 0.717) is 0 Å². The normalized spacial score (nSPS) is 19.5. The van der Waals surface area contributed by atoms with Crippen LogP contribution in [0.1, 0.15) is 30.2 Å². The average molecular weight is 318 g/mol. The summed E-state index contributed by atoms with van der Waals surface area (Å²) in [5.41, 5.74) is -0.367. The molecule has 0 radical (unpaired) electrons. The van der Waals surface area contributed by atoms with E-state index in [0.717, 1.165) is 23.0 Å². The van der Waals surface area contributed by atoms with Gasteiger partial charge in [-0.05, 0) is 48.0 Å². The van der Waals surface area contributed by atoms with Crippen molar-refractivity contribution in [3.05, 3.63) is 20.8 Å². The SMILES string of the molecule is CNC(c1ccc(Br)s1)C1(C(=O)OC)CCC1. The monoisotopic (exact) mass is 317 g/mol. The van der Waals surface area contributed by atoms with Crippen LogP contribution in [0.4, 0.5) is 0 Å². The van der Waals surface area contributed by atoms with E-state index in [-0.39, 0.29) is 17.4 Å². The van der Waals surface area contributed by atoms with Gasteiger partial charge in [0.15, 0.2) is 0 Å². The van der Waals surface area contributed by atoms with E-state index in [1.54, 1.807) is 11.3 Å². The largest absolute Gasteiger partial charge is 0.469 e. The van der Waals surface area contributed by atoms with E-state index < -0.39 is 0 Å². The van der Waals surface area contributed by atoms with Crippen molar-refractivity contribution in [1.82, 2.24) is 5.32 Å². The Kier molecular flexibility index (Phi) is 3.90. The minimum absolute atomic E-state index is 0.0556. The summed E-state index contributed by atoms with van der Waals surface area (Å²) in [5, 5.41) is 3.28. The molecule has 1 aromatic rings. The third kappa shape index (κ3) is 2.16. The van der Waals surface area contributed by atoms with Crippen molar-refractivity contribution < 1.29 is 9.53 Å². The summed E-state index contributed by atoms with van der Waals surface area (Å²) >= 11 is 5.14. The molecule has 94 valence electrons. The number of ether oxygens (including phenoxy) is 1. The number of thiophene rings is 1. The number of carbonyl (C=O) groups excluding carboxylic acids is 1. The number of rotatable bonds is 4. The van der Waals surface area contributed by atoms with Crippen LogP contribution >= 0.6 is 27.3 Å². The molecule has 0 bridgehead atoms. The first kappa shape index (κ1) is 13.1. The van der Waals surface area contributed by atoms with Gasteiger partial charge in [-0.2, -0.15) is 0 Å². The molecule has 1 atom stereocenters. The third-order valence-corrected chi connectivity index (χ3v) is 5.25. The molecule has 1 unspecified atom stereocenters. The van der Waals surface area contributed by atoms with Crippen molar-refractivity contribution in [2.75, 3.05) is 14.2 Å². The maximum atomic E-state index is 12.0. The van der Waals surface area contributed by atoms with E-state index in [1.165, 1.54) is 12.0 Å². The molecular weight excluding hydrogens is 302 g/mol. The molecule has 1 saturated carbocycles. The Morgan fingerprint density at radius 2 is 2.29 bits per heavy atom. The zero-order valence-corrected chi connectivity index (χ0v) is 12.4. The fourth-order valence-electron chi connectivity index (χ4n) is 2.55. The lowest BCUT2D eigenvalue weighted by molar-refractivity contribution is -0.161. The van der Waals surface area contributed by atoms with Crippen molar-refractivity contribution in [2.24, 2.45) is 5.41 Å². The van der Waals surface area contributed by atoms with Crippen LogP contribution in [-0.2, 0) is 9.53 Å². The number of halogens is 1. The van der Waals surface area contributed by atoms with Gasteiger partial charge in [0, 0.05) is 4.88 Å². The predicted molar refractivity (Wildman–Crippen MR) is 72.1 cm³/mol. The maximum absolute atomic E-state index is 12.0. The van der Waals surface area contributed by atoms with Crippen LogP contribution in [0, 0.1) is 5.41 Å². The van der Waals surface area contributed by atoms with Gasteiger partial charge in [0.25, 0.3) is 0 Å². The van der Waals surface area contributed by atoms with Crippen molar-refractivity contribution in [3.8, 4) is 0 Å². The van der Waals surface area contributed by atoms with Gasteiger partial charge in [0.05, 0.1) is 22.4 Å². The van der Waals surface area contributed by atoms with E-state index >= 15 is 0 Å². The first-order chi connectivity index (χ1) is 8.14. The molecule has 0 aliphatic heterocycles. The summed E-state index contributed by atoms with van der Waals surface area (Å²) in [6, 6.07) is 4.15. The lowest BCUT2D eigenvalue weighted by Crippen LogP contribution is -2.48. The van der Waals surface area contributed by atoms with E-state index in [1.807, 2.05) is 13.1 Å². The molecule has 1 fully saturated rings. The highest BCUT2D eigenvalue weighted by Gasteiger charge is 2.51. The summed E-state index contributed by atoms with van der Waals surface area (Å²) in [6.45, 7) is 0. The second kappa shape index (κ2) is 5.08. The quantitative estimate of drug-likeness (QED) is 0.867. The molecular formula is C12H16BrNO2S. The summed E-state index contributed by atoms with van der Waals surface area (Å²) < 4.78 is 6.07. The summed E-state index contributed by atoms with van der Waals surface area (Å²) in [7, 11) is 3.38. The number of hydrogen-bond donors (Lipinski definition) is 1. The standard InChI is InChI=1S/C12H16BrNO2S/c1-14-10(8-4-5-9(13)17-8)12(6-3-7-12)11(15)16-2/h4-5,10,14H,3,6-7H2,1-2H3. The second-order valence-electron chi connectivity index (χ2n) is 4.36. The Bertz CT molecular complexity index is 414. The van der Waals surface area contributed by atoms with Crippen molar-refractivity contribution in [1.29, 1.82) is 0 Å². The highest BCUT2D eigenvalue weighted by atomic mass is 79.9. The van der Waals surface area contributed by atoms with Crippen LogP contribution in [-0.4, -0.2) is 20.1 Å². The van der Waals surface area contributed by atoms with E-state index in [2.05, 4.69) is 27.3 Å². The topological polar surface area (TPSA) is 38.3 Å². The first-order valence-electron chi connectivity index (χ1n) is 5.65. The number of methoxy groups -OCH3 is 1. The molecule has 1 aromatic heterocycles. The molecule has 5 heteroatoms. The number of esters is 1. The Labute approximate surface area is 114 Å². The van der Waals surface area contributed by atoms with Crippen molar-refractivity contribution in [3.63, 3.8) is 0 Å². The van der Waals surface area contributed by atoms with Gasteiger partial charge in [-0.3, -0.25) is 4.79 Å². The summed E-state index contributed by atoms with van der Waals surface area (Å²) in [6.07, 6.45) is 2.90. The molecule has 17 heavy (non-hydrogen) atoms. The zero-order valence-electron chi connectivity index (χ0n) is 9.96. The molecule has 1 N–H and O–H groups in total. The van der Waals surface area contributed by atoms with E-state index in [4.69, 9.17) is 4.74 Å². The summed E-state index contributed by atoms with van der Waals surface area (Å²) in [5.74, 6) is -0.0902. The smallest absolute Gasteiger partial charge is 0.313 e. The molecule has 0 spiro atoms. The molecule has 1 aliphatic carbocycles. The van der Waals surface area contributed by atoms with Crippen LogP contribution in [0.3, 0.4) is 0 Å². The Hall–Kier alpha value is -0.390. The van der Waals surface area contributed by atoms with Gasteiger partial charge in [-0.15, -0.1) is 11.3 Å². The maximum Gasteiger partial charge on any atom is 0.313 e. The van der Waals surface area contributed by atoms with Gasteiger partial charge in [-0.25, -0.2) is 0 Å². The minimum Gasteiger partial charge on any atom is -0.469 e. The van der Waals surface area contributed by atoms with Gasteiger partial charge in [-0.1, -0.05) is 6.42 Å². The number of hydrogen-bond acceptors (Lipinski definition) is 4. The molecule has 1 aliphatic rings. The van der Waals surface area contributed by atoms with Gasteiger partial charge >= 0.3 is 5.97 Å². The Balaban J connectivity index is 2.31. The van der Waals surface area contributed by atoms with Crippen molar-refractivity contribution in [2.45, 2.75) is 25.3 Å².